The molecule has 0 spiro atoms. The van der Waals surface area contributed by atoms with Gasteiger partial charge in [0.05, 0.1) is 5.69 Å². The molecule has 2 aromatic carbocycles. The van der Waals surface area contributed by atoms with Crippen molar-refractivity contribution in [3.8, 4) is 0 Å². The van der Waals surface area contributed by atoms with Crippen molar-refractivity contribution in [2.45, 2.75) is 40.0 Å². The lowest BCUT2D eigenvalue weighted by atomic mass is 10.1. The maximum absolute atomic E-state index is 12.9. The Morgan fingerprint density at radius 2 is 1.59 bits per heavy atom. The van der Waals surface area contributed by atoms with E-state index < -0.39 is 11.8 Å². The third-order valence-corrected chi connectivity index (χ3v) is 4.88. The van der Waals surface area contributed by atoms with Crippen LogP contribution in [0.4, 0.5) is 11.4 Å². The van der Waals surface area contributed by atoms with Crippen molar-refractivity contribution >= 4 is 34.8 Å². The van der Waals surface area contributed by atoms with Gasteiger partial charge in [-0.1, -0.05) is 43.1 Å². The predicted octanol–water partition coefficient (Wildman–Crippen LogP) is 5.08. The van der Waals surface area contributed by atoms with E-state index in [4.69, 9.17) is 11.6 Å². The summed E-state index contributed by atoms with van der Waals surface area (Å²) < 4.78 is 0. The number of nitrogens with one attached hydrogen (secondary N) is 1. The lowest BCUT2D eigenvalue weighted by Gasteiger charge is -2.16. The first kappa shape index (κ1) is 19.2. The van der Waals surface area contributed by atoms with Crippen LogP contribution in [-0.4, -0.2) is 11.8 Å². The van der Waals surface area contributed by atoms with Crippen molar-refractivity contribution in [1.29, 1.82) is 0 Å². The molecule has 5 heteroatoms. The summed E-state index contributed by atoms with van der Waals surface area (Å²) in [5.74, 6) is -0.944. The molecule has 2 aromatic rings. The highest BCUT2D eigenvalue weighted by atomic mass is 35.5. The van der Waals surface area contributed by atoms with Crippen molar-refractivity contribution in [2.24, 2.45) is 0 Å². The molecule has 1 N–H and O–H groups in total. The smallest absolute Gasteiger partial charge is 0.283 e. The van der Waals surface area contributed by atoms with Crippen LogP contribution in [0.1, 0.15) is 36.5 Å². The van der Waals surface area contributed by atoms with E-state index in [9.17, 15) is 9.59 Å². The van der Waals surface area contributed by atoms with Crippen LogP contribution in [0.25, 0.3) is 0 Å². The summed E-state index contributed by atoms with van der Waals surface area (Å²) in [4.78, 5) is 26.6. The summed E-state index contributed by atoms with van der Waals surface area (Å²) in [5.41, 5.74) is 4.68. The number of hydrogen-bond acceptors (Lipinski definition) is 3. The molecule has 0 saturated carbocycles. The third kappa shape index (κ3) is 4.06. The molecule has 2 amide bonds. The molecule has 4 nitrogen and oxygen atoms in total. The summed E-state index contributed by atoms with van der Waals surface area (Å²) in [6.07, 6.45) is 3.22. The molecule has 0 aromatic heterocycles. The normalized spacial score (nSPS) is 14.3. The molecule has 1 heterocycles. The minimum atomic E-state index is -0.505. The highest BCUT2D eigenvalue weighted by molar-refractivity contribution is 6.53. The van der Waals surface area contributed by atoms with Gasteiger partial charge in [-0.15, -0.1) is 0 Å². The fourth-order valence-electron chi connectivity index (χ4n) is 3.23. The van der Waals surface area contributed by atoms with Crippen LogP contribution < -0.4 is 10.2 Å². The molecule has 0 saturated heterocycles. The molecule has 27 heavy (non-hydrogen) atoms. The van der Waals surface area contributed by atoms with Crippen LogP contribution in [0.3, 0.4) is 0 Å². The second kappa shape index (κ2) is 7.97. The molecule has 0 atom stereocenters. The molecule has 0 fully saturated rings. The zero-order valence-electron chi connectivity index (χ0n) is 15.8. The Labute approximate surface area is 164 Å². The Hall–Kier alpha value is -2.59. The monoisotopic (exact) mass is 382 g/mol. The minimum Gasteiger partial charge on any atom is -0.350 e. The number of carbonyl (C=O) groups excluding carboxylic acids is 2. The first-order chi connectivity index (χ1) is 12.9. The summed E-state index contributed by atoms with van der Waals surface area (Å²) in [5, 5.41) is 2.94. The van der Waals surface area contributed by atoms with Crippen molar-refractivity contribution in [1.82, 2.24) is 0 Å². The number of anilines is 2. The minimum absolute atomic E-state index is 0.0887. The quantitative estimate of drug-likeness (QED) is 0.708. The summed E-state index contributed by atoms with van der Waals surface area (Å²) in [6, 6.07) is 13.4. The highest BCUT2D eigenvalue weighted by Crippen LogP contribution is 2.30. The van der Waals surface area contributed by atoms with Crippen LogP contribution >= 0.6 is 11.6 Å². The third-order valence-electron chi connectivity index (χ3n) is 4.53. The second-order valence-electron chi connectivity index (χ2n) is 6.91. The Balaban J connectivity index is 1.83. The molecule has 0 bridgehead atoms. The van der Waals surface area contributed by atoms with Gasteiger partial charge in [0.25, 0.3) is 11.8 Å². The van der Waals surface area contributed by atoms with Crippen LogP contribution in [0.2, 0.25) is 0 Å². The Bertz CT molecular complexity index is 896. The summed E-state index contributed by atoms with van der Waals surface area (Å²) >= 11 is 6.20. The van der Waals surface area contributed by atoms with Crippen LogP contribution in [-0.2, 0) is 16.0 Å². The number of aryl methyl sites for hydroxylation is 3. The molecule has 140 valence electrons. The maximum Gasteiger partial charge on any atom is 0.283 e. The molecule has 1 aliphatic rings. The average molecular weight is 383 g/mol. The SMILES string of the molecule is CCCCc1ccc(N2C(=O)C(Cl)=C(Nc3cc(C)cc(C)c3)C2=O)cc1. The van der Waals surface area contributed by atoms with E-state index in [1.54, 1.807) is 12.1 Å². The fraction of sp³-hybridized carbons (Fsp3) is 0.273. The number of amides is 2. The number of halogens is 1. The predicted molar refractivity (Wildman–Crippen MR) is 110 cm³/mol. The maximum atomic E-state index is 12.9. The zero-order chi connectivity index (χ0) is 19.6. The Kier molecular flexibility index (Phi) is 5.66. The lowest BCUT2D eigenvalue weighted by molar-refractivity contribution is -0.120. The topological polar surface area (TPSA) is 49.4 Å². The molecular weight excluding hydrogens is 360 g/mol. The number of imide groups is 1. The first-order valence-corrected chi connectivity index (χ1v) is 9.51. The van der Waals surface area contributed by atoms with Gasteiger partial charge in [0.1, 0.15) is 10.7 Å². The lowest BCUT2D eigenvalue weighted by Crippen LogP contribution is -2.32. The fourth-order valence-corrected chi connectivity index (χ4v) is 3.44. The van der Waals surface area contributed by atoms with E-state index in [-0.39, 0.29) is 10.7 Å². The van der Waals surface area contributed by atoms with Crippen LogP contribution in [0.15, 0.2) is 53.2 Å². The number of hydrogen-bond donors (Lipinski definition) is 1. The molecular formula is C22H23ClN2O2. The van der Waals surface area contributed by atoms with Gasteiger partial charge in [0.2, 0.25) is 0 Å². The summed E-state index contributed by atoms with van der Waals surface area (Å²) in [6.45, 7) is 6.10. The largest absolute Gasteiger partial charge is 0.350 e. The van der Waals surface area contributed by atoms with E-state index in [1.807, 2.05) is 44.2 Å². The molecule has 0 unspecified atom stereocenters. The number of rotatable bonds is 6. The van der Waals surface area contributed by atoms with Crippen molar-refractivity contribution in [3.05, 3.63) is 69.9 Å². The van der Waals surface area contributed by atoms with E-state index in [0.29, 0.717) is 5.69 Å². The molecule has 3 rings (SSSR count). The van der Waals surface area contributed by atoms with Gasteiger partial charge in [-0.25, -0.2) is 4.90 Å². The van der Waals surface area contributed by atoms with Crippen LogP contribution in [0.5, 0.6) is 0 Å². The number of carbonyl (C=O) groups is 2. The van der Waals surface area contributed by atoms with Crippen molar-refractivity contribution in [3.63, 3.8) is 0 Å². The number of benzene rings is 2. The van der Waals surface area contributed by atoms with E-state index in [2.05, 4.69) is 12.2 Å². The van der Waals surface area contributed by atoms with Gasteiger partial charge < -0.3 is 5.32 Å². The van der Waals surface area contributed by atoms with Gasteiger partial charge in [-0.05, 0) is 67.6 Å². The number of nitrogens with zero attached hydrogens (tertiary/aromatic N) is 1. The Morgan fingerprint density at radius 3 is 2.19 bits per heavy atom. The van der Waals surface area contributed by atoms with Gasteiger partial charge in [0, 0.05) is 5.69 Å². The summed E-state index contributed by atoms with van der Waals surface area (Å²) in [7, 11) is 0. The standard InChI is InChI=1S/C22H23ClN2O2/c1-4-5-6-16-7-9-18(10-8-16)25-21(26)19(23)20(22(25)27)24-17-12-14(2)11-15(3)13-17/h7-13,24H,4-6H2,1-3H3. The van der Waals surface area contributed by atoms with Crippen LogP contribution in [0, 0.1) is 13.8 Å². The highest BCUT2D eigenvalue weighted by Gasteiger charge is 2.38. The van der Waals surface area contributed by atoms with E-state index >= 15 is 0 Å². The van der Waals surface area contributed by atoms with Gasteiger partial charge in [-0.2, -0.15) is 0 Å². The van der Waals surface area contributed by atoms with E-state index in [0.717, 1.165) is 41.0 Å². The van der Waals surface area contributed by atoms with Crippen molar-refractivity contribution in [2.75, 3.05) is 10.2 Å². The van der Waals surface area contributed by atoms with Gasteiger partial charge >= 0.3 is 0 Å². The first-order valence-electron chi connectivity index (χ1n) is 9.13. The van der Waals surface area contributed by atoms with E-state index in [1.165, 1.54) is 5.56 Å². The zero-order valence-corrected chi connectivity index (χ0v) is 16.6. The second-order valence-corrected chi connectivity index (χ2v) is 7.28. The molecule has 0 aliphatic carbocycles. The van der Waals surface area contributed by atoms with Crippen molar-refractivity contribution < 1.29 is 9.59 Å². The number of unbranched alkanes of at least 4 members (excludes halogenated alkanes) is 1. The Morgan fingerprint density at radius 1 is 0.963 bits per heavy atom. The average Bonchev–Trinajstić information content (AvgIpc) is 2.83. The molecule has 1 aliphatic heterocycles. The molecule has 0 radical (unpaired) electrons. The van der Waals surface area contributed by atoms with Gasteiger partial charge in [-0.3, -0.25) is 9.59 Å². The van der Waals surface area contributed by atoms with Gasteiger partial charge in [0.15, 0.2) is 0 Å².